The number of likely N-dealkylation sites (tertiary alicyclic amines) is 1. The Morgan fingerprint density at radius 3 is 2.06 bits per heavy atom. The number of carboxylic acids is 2. The van der Waals surface area contributed by atoms with Gasteiger partial charge in [-0.05, 0) is 20.0 Å². The van der Waals surface area contributed by atoms with E-state index in [1.165, 1.54) is 11.6 Å². The van der Waals surface area contributed by atoms with Crippen LogP contribution < -0.4 is 0 Å². The number of aliphatic carboxylic acids is 2. The summed E-state index contributed by atoms with van der Waals surface area (Å²) >= 11 is 1.76. The summed E-state index contributed by atoms with van der Waals surface area (Å²) in [6, 6.07) is 0.574. The summed E-state index contributed by atoms with van der Waals surface area (Å²) in [6.45, 7) is 5.18. The Morgan fingerprint density at radius 1 is 1.12 bits per heavy atom. The smallest absolute Gasteiger partial charge is 0.475 e. The monoisotopic (exact) mass is 495 g/mol. The highest BCUT2D eigenvalue weighted by Gasteiger charge is 2.42. The van der Waals surface area contributed by atoms with E-state index in [0.29, 0.717) is 12.0 Å². The Balaban J connectivity index is 0.000000305. The Labute approximate surface area is 183 Å². The Kier molecular flexibility index (Phi) is 10.3. The van der Waals surface area contributed by atoms with E-state index in [-0.39, 0.29) is 0 Å². The quantitative estimate of drug-likeness (QED) is 0.617. The number of alkyl halides is 6. The van der Waals surface area contributed by atoms with Crippen LogP contribution in [-0.4, -0.2) is 95.7 Å². The number of likely N-dealkylation sites (N-methyl/N-ethyl adjacent to an activating group) is 1. The second kappa shape index (κ2) is 11.8. The zero-order valence-corrected chi connectivity index (χ0v) is 17.9. The minimum Gasteiger partial charge on any atom is -0.475 e. The van der Waals surface area contributed by atoms with Crippen molar-refractivity contribution in [3.63, 3.8) is 0 Å². The zero-order chi connectivity index (χ0) is 24.7. The summed E-state index contributed by atoms with van der Waals surface area (Å²) in [4.78, 5) is 27.0. The number of hydrogen-bond donors (Lipinski definition) is 2. The molecule has 0 aromatic carbocycles. The van der Waals surface area contributed by atoms with Gasteiger partial charge in [0.15, 0.2) is 0 Å². The Bertz CT molecular complexity index is 705. The van der Waals surface area contributed by atoms with Gasteiger partial charge in [0, 0.05) is 36.6 Å². The van der Waals surface area contributed by atoms with Crippen LogP contribution in [0.1, 0.15) is 5.01 Å². The molecular weight excluding hydrogens is 472 g/mol. The average molecular weight is 495 g/mol. The molecule has 2 aliphatic rings. The van der Waals surface area contributed by atoms with E-state index in [9.17, 15) is 26.3 Å². The van der Waals surface area contributed by atoms with Gasteiger partial charge in [0.1, 0.15) is 5.01 Å². The van der Waals surface area contributed by atoms with Crippen LogP contribution in [-0.2, 0) is 20.9 Å². The molecule has 2 fully saturated rings. The molecule has 0 bridgehead atoms. The molecular formula is C17H23F6N3O5S. The van der Waals surface area contributed by atoms with E-state index in [4.69, 9.17) is 24.5 Å². The fraction of sp³-hybridized carbons (Fsp3) is 0.706. The predicted octanol–water partition coefficient (Wildman–Crippen LogP) is 2.42. The highest BCUT2D eigenvalue weighted by molar-refractivity contribution is 7.09. The van der Waals surface area contributed by atoms with Gasteiger partial charge < -0.3 is 19.8 Å². The molecule has 32 heavy (non-hydrogen) atoms. The maximum atomic E-state index is 10.6. The van der Waals surface area contributed by atoms with Gasteiger partial charge in [-0.3, -0.25) is 4.90 Å². The van der Waals surface area contributed by atoms with E-state index < -0.39 is 24.3 Å². The first-order chi connectivity index (χ1) is 14.6. The topological polar surface area (TPSA) is 103 Å². The molecule has 0 spiro atoms. The molecule has 3 heterocycles. The van der Waals surface area contributed by atoms with Crippen molar-refractivity contribution in [2.24, 2.45) is 11.8 Å². The summed E-state index contributed by atoms with van der Waals surface area (Å²) in [5.41, 5.74) is 0. The SMILES string of the molecule is CN(C)[C@H]1COC[C@@H]2CN(Cc3nccs3)C[C@@H]21.O=C(O)C(F)(F)F.O=C(O)C(F)(F)F. The second-order valence-electron chi connectivity index (χ2n) is 7.22. The Morgan fingerprint density at radius 2 is 1.66 bits per heavy atom. The van der Waals surface area contributed by atoms with Crippen LogP contribution in [0.5, 0.6) is 0 Å². The maximum absolute atomic E-state index is 10.6. The number of ether oxygens (including phenoxy) is 1. The lowest BCUT2D eigenvalue weighted by atomic mass is 9.87. The normalized spacial score (nSPS) is 23.5. The number of halogens is 6. The van der Waals surface area contributed by atoms with Crippen molar-refractivity contribution in [2.45, 2.75) is 24.9 Å². The fourth-order valence-electron chi connectivity index (χ4n) is 3.25. The average Bonchev–Trinajstić information content (AvgIpc) is 3.29. The van der Waals surface area contributed by atoms with Crippen LogP contribution in [0.4, 0.5) is 26.3 Å². The van der Waals surface area contributed by atoms with E-state index in [0.717, 1.165) is 32.2 Å². The lowest BCUT2D eigenvalue weighted by Crippen LogP contribution is -2.47. The van der Waals surface area contributed by atoms with Crippen molar-refractivity contribution in [2.75, 3.05) is 40.4 Å². The Hall–Kier alpha value is -1.97. The number of nitrogens with zero attached hydrogens (tertiary/aromatic N) is 3. The van der Waals surface area contributed by atoms with Gasteiger partial charge in [-0.15, -0.1) is 11.3 Å². The van der Waals surface area contributed by atoms with Gasteiger partial charge in [0.2, 0.25) is 0 Å². The molecule has 8 nitrogen and oxygen atoms in total. The fourth-order valence-corrected chi connectivity index (χ4v) is 3.91. The summed E-state index contributed by atoms with van der Waals surface area (Å²) in [7, 11) is 4.33. The second-order valence-corrected chi connectivity index (χ2v) is 8.20. The van der Waals surface area contributed by atoms with E-state index >= 15 is 0 Å². The summed E-state index contributed by atoms with van der Waals surface area (Å²) < 4.78 is 69.2. The minimum absolute atomic E-state index is 0.574. The van der Waals surface area contributed by atoms with Gasteiger partial charge in [-0.2, -0.15) is 26.3 Å². The first kappa shape index (κ1) is 28.1. The summed E-state index contributed by atoms with van der Waals surface area (Å²) in [5.74, 6) is -4.06. The third-order valence-electron chi connectivity index (χ3n) is 4.67. The van der Waals surface area contributed by atoms with Crippen LogP contribution in [0.3, 0.4) is 0 Å². The maximum Gasteiger partial charge on any atom is 0.490 e. The zero-order valence-electron chi connectivity index (χ0n) is 17.1. The highest BCUT2D eigenvalue weighted by atomic mass is 32.1. The molecule has 15 heteroatoms. The molecule has 0 amide bonds. The number of thiazole rings is 1. The standard InChI is InChI=1S/C13H21N3OS.2C2HF3O2/c1-15(2)12-9-17-8-10-5-16(6-11(10)12)7-13-14-3-4-18-13;2*3-2(4,5)1(6)7/h3-4,10-12H,5-9H2,1-2H3;2*(H,6,7)/t10-,11-,12-;;/m0../s1. The molecule has 0 aliphatic carbocycles. The van der Waals surface area contributed by atoms with Gasteiger partial charge in [-0.1, -0.05) is 0 Å². The number of aromatic nitrogens is 1. The van der Waals surface area contributed by atoms with Crippen LogP contribution in [0.2, 0.25) is 0 Å². The number of fused-ring (bicyclic) bond motifs is 1. The summed E-state index contributed by atoms with van der Waals surface area (Å²) in [6.07, 6.45) is -8.27. The molecule has 184 valence electrons. The van der Waals surface area contributed by atoms with Gasteiger partial charge in [0.25, 0.3) is 0 Å². The number of hydrogen-bond acceptors (Lipinski definition) is 7. The third kappa shape index (κ3) is 9.26. The highest BCUT2D eigenvalue weighted by Crippen LogP contribution is 2.33. The number of carboxylic acid groups (broad SMARTS) is 2. The van der Waals surface area contributed by atoms with Crippen LogP contribution in [0.15, 0.2) is 11.6 Å². The molecule has 1 aromatic rings. The van der Waals surface area contributed by atoms with Crippen molar-refractivity contribution in [3.8, 4) is 0 Å². The lowest BCUT2D eigenvalue weighted by Gasteiger charge is -2.37. The van der Waals surface area contributed by atoms with Crippen LogP contribution >= 0.6 is 11.3 Å². The van der Waals surface area contributed by atoms with Crippen molar-refractivity contribution in [3.05, 3.63) is 16.6 Å². The molecule has 2 N–H and O–H groups in total. The van der Waals surface area contributed by atoms with Crippen molar-refractivity contribution >= 4 is 23.3 Å². The largest absolute Gasteiger partial charge is 0.490 e. The molecule has 0 saturated carbocycles. The van der Waals surface area contributed by atoms with E-state index in [1.807, 2.05) is 6.20 Å². The predicted molar refractivity (Wildman–Crippen MR) is 100 cm³/mol. The summed E-state index contributed by atoms with van der Waals surface area (Å²) in [5, 5.41) is 17.5. The molecule has 3 atom stereocenters. The van der Waals surface area contributed by atoms with Gasteiger partial charge in [-0.25, -0.2) is 14.6 Å². The van der Waals surface area contributed by atoms with Gasteiger partial charge in [0.05, 0.1) is 19.8 Å². The van der Waals surface area contributed by atoms with Crippen molar-refractivity contribution in [1.29, 1.82) is 0 Å². The van der Waals surface area contributed by atoms with Crippen molar-refractivity contribution < 1.29 is 50.9 Å². The third-order valence-corrected chi connectivity index (χ3v) is 5.44. The van der Waals surface area contributed by atoms with Gasteiger partial charge >= 0.3 is 24.3 Å². The van der Waals surface area contributed by atoms with Crippen LogP contribution in [0, 0.1) is 11.8 Å². The first-order valence-electron chi connectivity index (χ1n) is 9.08. The molecule has 0 radical (unpaired) electrons. The molecule has 2 aliphatic heterocycles. The number of carbonyl (C=O) groups is 2. The molecule has 3 rings (SSSR count). The molecule has 1 aromatic heterocycles. The molecule has 0 unspecified atom stereocenters. The van der Waals surface area contributed by atoms with E-state index in [2.05, 4.69) is 34.3 Å². The lowest BCUT2D eigenvalue weighted by molar-refractivity contribution is -0.193. The first-order valence-corrected chi connectivity index (χ1v) is 9.96. The molecule has 2 saturated heterocycles. The van der Waals surface area contributed by atoms with E-state index in [1.54, 1.807) is 11.3 Å². The van der Waals surface area contributed by atoms with Crippen molar-refractivity contribution in [1.82, 2.24) is 14.8 Å². The minimum atomic E-state index is -5.08. The number of rotatable bonds is 3. The van der Waals surface area contributed by atoms with Crippen LogP contribution in [0.25, 0.3) is 0 Å².